The Balaban J connectivity index is 2.07. The van der Waals surface area contributed by atoms with E-state index in [9.17, 15) is 14.7 Å². The van der Waals surface area contributed by atoms with E-state index in [0.717, 1.165) is 0 Å². The molecule has 0 spiro atoms. The summed E-state index contributed by atoms with van der Waals surface area (Å²) >= 11 is 5.95. The molecular weight excluding hydrogens is 416 g/mol. The van der Waals surface area contributed by atoms with Gasteiger partial charge in [0, 0.05) is 23.7 Å². The lowest BCUT2D eigenvalue weighted by Gasteiger charge is -2.26. The lowest BCUT2D eigenvalue weighted by atomic mass is 9.95. The molecule has 3 rings (SSSR count). The molecule has 1 fully saturated rings. The van der Waals surface area contributed by atoms with E-state index in [1.165, 1.54) is 4.90 Å². The summed E-state index contributed by atoms with van der Waals surface area (Å²) in [6.45, 7) is 4.92. The summed E-state index contributed by atoms with van der Waals surface area (Å²) in [7, 11) is 3.79. The standard InChI is InChI=1S/C24H25ClN2O4/c1-4-15-31-19-11-7-16(8-12-19)21-20(22(28)17-5-9-18(25)10-6-17)23(29)24(30)27(21)14-13-26(2)3/h4-12,21,28H,1,13-15H2,2-3H3/t21-/m1/s1. The Morgan fingerprint density at radius 3 is 2.39 bits per heavy atom. The van der Waals surface area contributed by atoms with Crippen molar-refractivity contribution in [3.8, 4) is 5.75 Å². The third kappa shape index (κ3) is 4.98. The number of aliphatic hydroxyl groups excluding tert-OH is 1. The van der Waals surface area contributed by atoms with Crippen LogP contribution in [0.3, 0.4) is 0 Å². The van der Waals surface area contributed by atoms with Crippen LogP contribution >= 0.6 is 11.6 Å². The zero-order valence-corrected chi connectivity index (χ0v) is 18.3. The highest BCUT2D eigenvalue weighted by molar-refractivity contribution is 6.46. The molecular formula is C24H25ClN2O4. The first-order valence-electron chi connectivity index (χ1n) is 9.86. The number of likely N-dealkylation sites (N-methyl/N-ethyl adjacent to an activating group) is 1. The van der Waals surface area contributed by atoms with E-state index in [-0.39, 0.29) is 11.3 Å². The number of nitrogens with zero attached hydrogens (tertiary/aromatic N) is 2. The van der Waals surface area contributed by atoms with E-state index in [1.54, 1.807) is 54.6 Å². The lowest BCUT2D eigenvalue weighted by Crippen LogP contribution is -2.35. The first-order valence-corrected chi connectivity index (χ1v) is 10.2. The first kappa shape index (κ1) is 22.6. The summed E-state index contributed by atoms with van der Waals surface area (Å²) in [6, 6.07) is 12.9. The molecule has 0 aliphatic carbocycles. The number of carbonyl (C=O) groups is 2. The van der Waals surface area contributed by atoms with Crippen molar-refractivity contribution in [1.29, 1.82) is 0 Å². The highest BCUT2D eigenvalue weighted by atomic mass is 35.5. The molecule has 7 heteroatoms. The van der Waals surface area contributed by atoms with Gasteiger partial charge >= 0.3 is 0 Å². The number of hydrogen-bond acceptors (Lipinski definition) is 5. The zero-order valence-electron chi connectivity index (χ0n) is 17.5. The maximum absolute atomic E-state index is 12.9. The van der Waals surface area contributed by atoms with Crippen LogP contribution in [0.25, 0.3) is 5.76 Å². The van der Waals surface area contributed by atoms with Crippen LogP contribution in [0.1, 0.15) is 17.2 Å². The number of ether oxygens (including phenoxy) is 1. The molecule has 1 atom stereocenters. The zero-order chi connectivity index (χ0) is 22.5. The number of ketones is 1. The molecule has 0 saturated carbocycles. The minimum atomic E-state index is -0.705. The van der Waals surface area contributed by atoms with Gasteiger partial charge in [-0.3, -0.25) is 9.59 Å². The number of benzene rings is 2. The van der Waals surface area contributed by atoms with Crippen molar-refractivity contribution >= 4 is 29.1 Å². The topological polar surface area (TPSA) is 70.1 Å². The summed E-state index contributed by atoms with van der Waals surface area (Å²) in [4.78, 5) is 29.3. The molecule has 0 aromatic heterocycles. The van der Waals surface area contributed by atoms with Crippen molar-refractivity contribution in [3.05, 3.63) is 82.9 Å². The molecule has 0 radical (unpaired) electrons. The molecule has 6 nitrogen and oxygen atoms in total. The van der Waals surface area contributed by atoms with Gasteiger partial charge < -0.3 is 19.6 Å². The Hall–Kier alpha value is -3.09. The quantitative estimate of drug-likeness (QED) is 0.292. The molecule has 1 N–H and O–H groups in total. The van der Waals surface area contributed by atoms with Gasteiger partial charge in [0.2, 0.25) is 0 Å². The lowest BCUT2D eigenvalue weighted by molar-refractivity contribution is -0.140. The highest BCUT2D eigenvalue weighted by Crippen LogP contribution is 2.39. The Bertz CT molecular complexity index is 997. The van der Waals surface area contributed by atoms with Gasteiger partial charge in [-0.1, -0.05) is 36.4 Å². The van der Waals surface area contributed by atoms with Crippen LogP contribution in [0.4, 0.5) is 0 Å². The van der Waals surface area contributed by atoms with Crippen LogP contribution in [-0.2, 0) is 9.59 Å². The van der Waals surface area contributed by atoms with Crippen LogP contribution in [-0.4, -0.2) is 60.4 Å². The summed E-state index contributed by atoms with van der Waals surface area (Å²) in [5.41, 5.74) is 1.19. The second-order valence-corrected chi connectivity index (χ2v) is 7.91. The van der Waals surface area contributed by atoms with Crippen molar-refractivity contribution in [3.63, 3.8) is 0 Å². The number of likely N-dealkylation sites (tertiary alicyclic amines) is 1. The van der Waals surface area contributed by atoms with Crippen LogP contribution in [0.2, 0.25) is 5.02 Å². The van der Waals surface area contributed by atoms with Crippen LogP contribution in [0.15, 0.2) is 66.8 Å². The average Bonchev–Trinajstić information content (AvgIpc) is 3.01. The van der Waals surface area contributed by atoms with Crippen molar-refractivity contribution < 1.29 is 19.4 Å². The van der Waals surface area contributed by atoms with E-state index in [0.29, 0.717) is 41.6 Å². The monoisotopic (exact) mass is 440 g/mol. The van der Waals surface area contributed by atoms with Gasteiger partial charge in [0.1, 0.15) is 18.1 Å². The normalized spacial score (nSPS) is 17.9. The molecule has 1 aliphatic heterocycles. The fraction of sp³-hybridized carbons (Fsp3) is 0.250. The van der Waals surface area contributed by atoms with Gasteiger partial charge in [0.05, 0.1) is 11.6 Å². The molecule has 1 heterocycles. The van der Waals surface area contributed by atoms with Crippen LogP contribution < -0.4 is 4.74 Å². The highest BCUT2D eigenvalue weighted by Gasteiger charge is 2.45. The van der Waals surface area contributed by atoms with Gasteiger partial charge in [0.25, 0.3) is 11.7 Å². The third-order valence-electron chi connectivity index (χ3n) is 5.01. The third-order valence-corrected chi connectivity index (χ3v) is 5.26. The van der Waals surface area contributed by atoms with Crippen molar-refractivity contribution in [1.82, 2.24) is 9.80 Å². The number of halogens is 1. The fourth-order valence-corrected chi connectivity index (χ4v) is 3.56. The summed E-state index contributed by atoms with van der Waals surface area (Å²) in [6.07, 6.45) is 1.65. The summed E-state index contributed by atoms with van der Waals surface area (Å²) in [5.74, 6) is -0.913. The molecule has 162 valence electrons. The van der Waals surface area contributed by atoms with Crippen LogP contribution in [0, 0.1) is 0 Å². The summed E-state index contributed by atoms with van der Waals surface area (Å²) in [5, 5.41) is 11.5. The van der Waals surface area contributed by atoms with E-state index in [2.05, 4.69) is 6.58 Å². The van der Waals surface area contributed by atoms with Gasteiger partial charge in [0.15, 0.2) is 0 Å². The Kier molecular flexibility index (Phi) is 7.15. The van der Waals surface area contributed by atoms with E-state index in [4.69, 9.17) is 16.3 Å². The minimum absolute atomic E-state index is 0.0610. The van der Waals surface area contributed by atoms with E-state index in [1.807, 2.05) is 19.0 Å². The first-order chi connectivity index (χ1) is 14.8. The predicted octanol–water partition coefficient (Wildman–Crippen LogP) is 3.89. The second-order valence-electron chi connectivity index (χ2n) is 7.47. The maximum atomic E-state index is 12.9. The number of aliphatic hydroxyl groups is 1. The van der Waals surface area contributed by atoms with E-state index < -0.39 is 17.7 Å². The Morgan fingerprint density at radius 2 is 1.81 bits per heavy atom. The molecule has 2 aromatic carbocycles. The minimum Gasteiger partial charge on any atom is -0.507 e. The van der Waals surface area contributed by atoms with Crippen LogP contribution in [0.5, 0.6) is 5.75 Å². The number of Topliss-reactive ketones (excluding diaryl/α,β-unsaturated/α-hetero) is 1. The van der Waals surface area contributed by atoms with Gasteiger partial charge in [-0.05, 0) is 56.1 Å². The number of carbonyl (C=O) groups excluding carboxylic acids is 2. The molecule has 31 heavy (non-hydrogen) atoms. The molecule has 0 unspecified atom stereocenters. The predicted molar refractivity (Wildman–Crippen MR) is 121 cm³/mol. The second kappa shape index (κ2) is 9.81. The summed E-state index contributed by atoms with van der Waals surface area (Å²) < 4.78 is 5.53. The largest absolute Gasteiger partial charge is 0.507 e. The number of hydrogen-bond donors (Lipinski definition) is 1. The maximum Gasteiger partial charge on any atom is 0.295 e. The Morgan fingerprint density at radius 1 is 1.16 bits per heavy atom. The van der Waals surface area contributed by atoms with Gasteiger partial charge in [-0.15, -0.1) is 0 Å². The van der Waals surface area contributed by atoms with Crippen molar-refractivity contribution in [2.75, 3.05) is 33.8 Å². The molecule has 1 aliphatic rings. The average molecular weight is 441 g/mol. The molecule has 1 amide bonds. The SMILES string of the molecule is C=CCOc1ccc([C@@H]2C(=C(O)c3ccc(Cl)cc3)C(=O)C(=O)N2CCN(C)C)cc1. The number of rotatable bonds is 8. The van der Waals surface area contributed by atoms with Gasteiger partial charge in [-0.2, -0.15) is 0 Å². The Labute approximate surface area is 187 Å². The van der Waals surface area contributed by atoms with Crippen molar-refractivity contribution in [2.24, 2.45) is 0 Å². The molecule has 0 bridgehead atoms. The molecule has 1 saturated heterocycles. The van der Waals surface area contributed by atoms with Gasteiger partial charge in [-0.25, -0.2) is 0 Å². The fourth-order valence-electron chi connectivity index (χ4n) is 3.43. The number of amides is 1. The smallest absolute Gasteiger partial charge is 0.295 e. The van der Waals surface area contributed by atoms with E-state index >= 15 is 0 Å². The van der Waals surface area contributed by atoms with Crippen molar-refractivity contribution in [2.45, 2.75) is 6.04 Å². The molecule has 2 aromatic rings.